The third-order valence-corrected chi connectivity index (χ3v) is 3.63. The van der Waals surface area contributed by atoms with Gasteiger partial charge in [0, 0.05) is 30.5 Å². The summed E-state index contributed by atoms with van der Waals surface area (Å²) in [5.41, 5.74) is 0.619. The second-order valence-corrected chi connectivity index (χ2v) is 5.20. The molecule has 6 heteroatoms. The van der Waals surface area contributed by atoms with Crippen LogP contribution in [0.15, 0.2) is 41.1 Å². The van der Waals surface area contributed by atoms with Gasteiger partial charge in [0.1, 0.15) is 5.75 Å². The molecule has 0 saturated carbocycles. The number of aromatic nitrogens is 2. The van der Waals surface area contributed by atoms with Crippen LogP contribution >= 0.6 is 15.9 Å². The summed E-state index contributed by atoms with van der Waals surface area (Å²) in [6.07, 6.45) is 3.60. The zero-order valence-electron chi connectivity index (χ0n) is 11.4. The first-order chi connectivity index (χ1) is 9.61. The largest absolute Gasteiger partial charge is 0.497 e. The van der Waals surface area contributed by atoms with Gasteiger partial charge < -0.3 is 9.64 Å². The number of amides is 1. The van der Waals surface area contributed by atoms with E-state index in [1.807, 2.05) is 12.3 Å². The van der Waals surface area contributed by atoms with Crippen molar-refractivity contribution < 1.29 is 9.53 Å². The van der Waals surface area contributed by atoms with Crippen LogP contribution in [-0.2, 0) is 6.54 Å². The molecule has 1 heterocycles. The van der Waals surface area contributed by atoms with Crippen LogP contribution in [0.3, 0.4) is 0 Å². The molecule has 0 aliphatic heterocycles. The molecule has 5 nitrogen and oxygen atoms in total. The highest BCUT2D eigenvalue weighted by molar-refractivity contribution is 9.10. The summed E-state index contributed by atoms with van der Waals surface area (Å²) in [4.78, 5) is 14.0. The van der Waals surface area contributed by atoms with Gasteiger partial charge >= 0.3 is 0 Å². The van der Waals surface area contributed by atoms with E-state index < -0.39 is 0 Å². The number of methoxy groups -OCH3 is 1. The van der Waals surface area contributed by atoms with E-state index in [0.29, 0.717) is 24.4 Å². The number of carbonyl (C=O) groups is 1. The van der Waals surface area contributed by atoms with Crippen molar-refractivity contribution in [3.8, 4) is 5.75 Å². The quantitative estimate of drug-likeness (QED) is 0.841. The van der Waals surface area contributed by atoms with E-state index in [4.69, 9.17) is 4.74 Å². The van der Waals surface area contributed by atoms with Crippen molar-refractivity contribution in [1.82, 2.24) is 14.7 Å². The zero-order chi connectivity index (χ0) is 14.5. The lowest BCUT2D eigenvalue weighted by Crippen LogP contribution is -2.30. The Labute approximate surface area is 126 Å². The molecule has 1 aromatic heterocycles. The molecule has 0 aliphatic carbocycles. The van der Waals surface area contributed by atoms with Crippen LogP contribution in [0.4, 0.5) is 0 Å². The molecule has 20 heavy (non-hydrogen) atoms. The van der Waals surface area contributed by atoms with Gasteiger partial charge in [-0.05, 0) is 40.2 Å². The Hall–Kier alpha value is -1.82. The molecular weight excluding hydrogens is 322 g/mol. The van der Waals surface area contributed by atoms with E-state index in [1.54, 1.807) is 48.1 Å². The van der Waals surface area contributed by atoms with Crippen LogP contribution in [0, 0.1) is 0 Å². The lowest BCUT2D eigenvalue weighted by atomic mass is 10.2. The van der Waals surface area contributed by atoms with Gasteiger partial charge in [0.05, 0.1) is 19.2 Å². The number of halogens is 1. The second kappa shape index (κ2) is 6.56. The standard InChI is InChI=1S/C14H16BrN3O2/c1-17(8-9-18-7-3-6-16-18)14(19)12-5-4-11(20-2)10-13(12)15/h3-7,10H,8-9H2,1-2H3. The van der Waals surface area contributed by atoms with Crippen molar-refractivity contribution in [2.75, 3.05) is 20.7 Å². The number of hydrogen-bond acceptors (Lipinski definition) is 3. The molecule has 106 valence electrons. The van der Waals surface area contributed by atoms with E-state index >= 15 is 0 Å². The molecule has 0 fully saturated rings. The van der Waals surface area contributed by atoms with E-state index in [9.17, 15) is 4.79 Å². The second-order valence-electron chi connectivity index (χ2n) is 4.34. The fourth-order valence-corrected chi connectivity index (χ4v) is 2.32. The summed E-state index contributed by atoms with van der Waals surface area (Å²) in [7, 11) is 3.38. The Balaban J connectivity index is 2.02. The fraction of sp³-hybridized carbons (Fsp3) is 0.286. The number of rotatable bonds is 5. The molecule has 0 unspecified atom stereocenters. The number of benzene rings is 1. The van der Waals surface area contributed by atoms with Gasteiger partial charge in [-0.3, -0.25) is 9.48 Å². The highest BCUT2D eigenvalue weighted by Gasteiger charge is 2.15. The van der Waals surface area contributed by atoms with Crippen LogP contribution in [0.5, 0.6) is 5.75 Å². The van der Waals surface area contributed by atoms with Gasteiger partial charge in [-0.2, -0.15) is 5.10 Å². The topological polar surface area (TPSA) is 47.4 Å². The third-order valence-electron chi connectivity index (χ3n) is 2.98. The van der Waals surface area contributed by atoms with Crippen molar-refractivity contribution >= 4 is 21.8 Å². The minimum Gasteiger partial charge on any atom is -0.497 e. The molecule has 2 aromatic rings. The normalized spacial score (nSPS) is 10.3. The summed E-state index contributed by atoms with van der Waals surface area (Å²) in [6, 6.07) is 7.19. The monoisotopic (exact) mass is 337 g/mol. The first kappa shape index (κ1) is 14.6. The number of carbonyl (C=O) groups excluding carboxylic acids is 1. The van der Waals surface area contributed by atoms with Crippen LogP contribution in [0.25, 0.3) is 0 Å². The van der Waals surface area contributed by atoms with Gasteiger partial charge in [-0.15, -0.1) is 0 Å². The molecule has 1 amide bonds. The van der Waals surface area contributed by atoms with E-state index in [1.165, 1.54) is 0 Å². The maximum absolute atomic E-state index is 12.4. The summed E-state index contributed by atoms with van der Waals surface area (Å²) in [5, 5.41) is 4.11. The molecule has 0 N–H and O–H groups in total. The van der Waals surface area contributed by atoms with Crippen molar-refractivity contribution in [2.45, 2.75) is 6.54 Å². The van der Waals surface area contributed by atoms with E-state index in [2.05, 4.69) is 21.0 Å². The summed E-state index contributed by atoms with van der Waals surface area (Å²) in [6.45, 7) is 1.27. The average Bonchev–Trinajstić information content (AvgIpc) is 2.97. The van der Waals surface area contributed by atoms with Crippen molar-refractivity contribution in [2.24, 2.45) is 0 Å². The summed E-state index contributed by atoms with van der Waals surface area (Å²) >= 11 is 3.40. The number of likely N-dealkylation sites (N-methyl/N-ethyl adjacent to an activating group) is 1. The number of hydrogen-bond donors (Lipinski definition) is 0. The highest BCUT2D eigenvalue weighted by atomic mass is 79.9. The zero-order valence-corrected chi connectivity index (χ0v) is 13.0. The van der Waals surface area contributed by atoms with Crippen molar-refractivity contribution in [3.63, 3.8) is 0 Å². The molecule has 1 aromatic carbocycles. The Morgan fingerprint density at radius 2 is 2.30 bits per heavy atom. The molecule has 0 saturated heterocycles. The molecule has 0 spiro atoms. The van der Waals surface area contributed by atoms with Crippen molar-refractivity contribution in [3.05, 3.63) is 46.7 Å². The minimum absolute atomic E-state index is 0.0355. The fourth-order valence-electron chi connectivity index (χ4n) is 1.79. The van der Waals surface area contributed by atoms with Crippen LogP contribution in [0.2, 0.25) is 0 Å². The Kier molecular flexibility index (Phi) is 4.79. The Morgan fingerprint density at radius 3 is 2.90 bits per heavy atom. The van der Waals surface area contributed by atoms with Crippen LogP contribution in [-0.4, -0.2) is 41.3 Å². The molecule has 2 rings (SSSR count). The average molecular weight is 338 g/mol. The summed E-state index contributed by atoms with van der Waals surface area (Å²) < 4.78 is 7.65. The van der Waals surface area contributed by atoms with Gasteiger partial charge in [-0.25, -0.2) is 0 Å². The maximum Gasteiger partial charge on any atom is 0.254 e. The van der Waals surface area contributed by atoms with Crippen LogP contribution < -0.4 is 4.74 Å². The maximum atomic E-state index is 12.4. The number of ether oxygens (including phenoxy) is 1. The third kappa shape index (κ3) is 3.39. The molecular formula is C14H16BrN3O2. The lowest BCUT2D eigenvalue weighted by Gasteiger charge is -2.18. The van der Waals surface area contributed by atoms with E-state index in [-0.39, 0.29) is 5.91 Å². The minimum atomic E-state index is -0.0355. The molecule has 0 radical (unpaired) electrons. The molecule has 0 bridgehead atoms. The first-order valence-corrected chi connectivity index (χ1v) is 6.97. The summed E-state index contributed by atoms with van der Waals surface area (Å²) in [5.74, 6) is 0.680. The van der Waals surface area contributed by atoms with Gasteiger partial charge in [0.25, 0.3) is 5.91 Å². The van der Waals surface area contributed by atoms with Gasteiger partial charge in [0.15, 0.2) is 0 Å². The predicted octanol–water partition coefficient (Wildman–Crippen LogP) is 2.43. The highest BCUT2D eigenvalue weighted by Crippen LogP contribution is 2.23. The smallest absolute Gasteiger partial charge is 0.254 e. The first-order valence-electron chi connectivity index (χ1n) is 6.18. The Bertz CT molecular complexity index is 584. The SMILES string of the molecule is COc1ccc(C(=O)N(C)CCn2cccn2)c(Br)c1. The molecule has 0 atom stereocenters. The van der Waals surface area contributed by atoms with Crippen molar-refractivity contribution in [1.29, 1.82) is 0 Å². The van der Waals surface area contributed by atoms with Gasteiger partial charge in [0.2, 0.25) is 0 Å². The van der Waals surface area contributed by atoms with E-state index in [0.717, 1.165) is 4.47 Å². The van der Waals surface area contributed by atoms with Crippen LogP contribution in [0.1, 0.15) is 10.4 Å². The molecule has 0 aliphatic rings. The Morgan fingerprint density at radius 1 is 1.50 bits per heavy atom. The lowest BCUT2D eigenvalue weighted by molar-refractivity contribution is 0.0788. The predicted molar refractivity (Wildman–Crippen MR) is 79.9 cm³/mol. The number of nitrogens with zero attached hydrogens (tertiary/aromatic N) is 3. The van der Waals surface area contributed by atoms with Gasteiger partial charge in [-0.1, -0.05) is 0 Å².